The van der Waals surface area contributed by atoms with E-state index < -0.39 is 16.9 Å². The molecule has 0 radical (unpaired) electrons. The Labute approximate surface area is 122 Å². The highest BCUT2D eigenvalue weighted by atomic mass is 16.5. The van der Waals surface area contributed by atoms with Crippen molar-refractivity contribution in [3.8, 4) is 0 Å². The molecule has 2 rings (SSSR count). The van der Waals surface area contributed by atoms with Gasteiger partial charge < -0.3 is 20.5 Å². The van der Waals surface area contributed by atoms with Gasteiger partial charge >= 0.3 is 5.69 Å². The molecule has 0 bridgehead atoms. The molecule has 1 aromatic heterocycles. The molecule has 1 aliphatic heterocycles. The van der Waals surface area contributed by atoms with Crippen LogP contribution in [0.5, 0.6) is 0 Å². The molecule has 8 nitrogen and oxygen atoms in total. The molecule has 1 fully saturated rings. The number of H-pyrrole nitrogens is 1. The van der Waals surface area contributed by atoms with Gasteiger partial charge in [0.2, 0.25) is 0 Å². The molecule has 1 aliphatic rings. The first-order valence-electron chi connectivity index (χ1n) is 6.89. The molecule has 8 heteroatoms. The van der Waals surface area contributed by atoms with Gasteiger partial charge in [-0.3, -0.25) is 14.3 Å². The number of nitrogen functional groups attached to an aromatic ring is 1. The number of aliphatic hydroxyl groups is 1. The monoisotopic (exact) mass is 298 g/mol. The maximum absolute atomic E-state index is 12.0. The summed E-state index contributed by atoms with van der Waals surface area (Å²) in [5.41, 5.74) is 4.28. The van der Waals surface area contributed by atoms with E-state index in [0.29, 0.717) is 19.7 Å². The van der Waals surface area contributed by atoms with Crippen LogP contribution in [0.2, 0.25) is 0 Å². The summed E-state index contributed by atoms with van der Waals surface area (Å²) in [4.78, 5) is 27.7. The summed E-state index contributed by atoms with van der Waals surface area (Å²) in [6, 6.07) is 0. The SMILES string of the molecule is COCCn1c(N)c(N2CC(O)(C(C)C)C2)c(=O)[nH]c1=O. The van der Waals surface area contributed by atoms with Gasteiger partial charge in [0.05, 0.1) is 13.2 Å². The zero-order valence-electron chi connectivity index (χ0n) is 12.5. The number of nitrogens with one attached hydrogen (secondary N) is 1. The predicted molar refractivity (Wildman–Crippen MR) is 79.6 cm³/mol. The largest absolute Gasteiger partial charge is 0.386 e. The lowest BCUT2D eigenvalue weighted by Gasteiger charge is -2.50. The van der Waals surface area contributed by atoms with Crippen molar-refractivity contribution in [3.63, 3.8) is 0 Å². The van der Waals surface area contributed by atoms with Crippen LogP contribution < -0.4 is 21.9 Å². The minimum atomic E-state index is -0.827. The molecule has 0 spiro atoms. The number of ether oxygens (including phenoxy) is 1. The molecule has 1 aromatic rings. The Hall–Kier alpha value is -1.80. The number of methoxy groups -OCH3 is 1. The van der Waals surface area contributed by atoms with Gasteiger partial charge in [-0.25, -0.2) is 4.79 Å². The average molecular weight is 298 g/mol. The molecule has 1 saturated heterocycles. The molecule has 0 amide bonds. The smallest absolute Gasteiger partial charge is 0.330 e. The van der Waals surface area contributed by atoms with Gasteiger partial charge in [0.1, 0.15) is 17.1 Å². The van der Waals surface area contributed by atoms with Crippen molar-refractivity contribution in [1.29, 1.82) is 0 Å². The summed E-state index contributed by atoms with van der Waals surface area (Å²) in [6.07, 6.45) is 0. The van der Waals surface area contributed by atoms with E-state index in [9.17, 15) is 14.7 Å². The molecular formula is C13H22N4O4. The van der Waals surface area contributed by atoms with Crippen LogP contribution in [0, 0.1) is 5.92 Å². The Morgan fingerprint density at radius 1 is 1.43 bits per heavy atom. The molecular weight excluding hydrogens is 276 g/mol. The number of nitrogens with two attached hydrogens (primary N) is 1. The second-order valence-electron chi connectivity index (χ2n) is 5.75. The van der Waals surface area contributed by atoms with Crippen molar-refractivity contribution in [2.75, 3.05) is 37.4 Å². The van der Waals surface area contributed by atoms with Gasteiger partial charge in [0.25, 0.3) is 5.56 Å². The normalized spacial score (nSPS) is 17.1. The molecule has 4 N–H and O–H groups in total. The standard InChI is InChI=1S/C13H22N4O4/c1-8(2)13(20)6-16(7-13)9-10(14)17(4-5-21-3)12(19)15-11(9)18/h8,20H,4-7,14H2,1-3H3,(H,15,18,19). The predicted octanol–water partition coefficient (Wildman–Crippen LogP) is -1.03. The summed E-state index contributed by atoms with van der Waals surface area (Å²) < 4.78 is 6.20. The van der Waals surface area contributed by atoms with Crippen molar-refractivity contribution in [1.82, 2.24) is 9.55 Å². The molecule has 2 heterocycles. The summed E-state index contributed by atoms with van der Waals surface area (Å²) in [5, 5.41) is 10.3. The van der Waals surface area contributed by atoms with E-state index in [0.717, 1.165) is 0 Å². The number of β-amino-alcohol motifs (C(OH)–C–C–N with tert-alkyl or cyclic N) is 1. The van der Waals surface area contributed by atoms with Gasteiger partial charge in [0.15, 0.2) is 0 Å². The van der Waals surface area contributed by atoms with Crippen LogP contribution in [0.4, 0.5) is 11.5 Å². The van der Waals surface area contributed by atoms with Crippen LogP contribution in [0.3, 0.4) is 0 Å². The molecule has 21 heavy (non-hydrogen) atoms. The van der Waals surface area contributed by atoms with E-state index in [2.05, 4.69) is 4.98 Å². The lowest BCUT2D eigenvalue weighted by molar-refractivity contribution is -0.0301. The average Bonchev–Trinajstić information content (AvgIpc) is 2.35. The third-order valence-corrected chi connectivity index (χ3v) is 4.05. The fourth-order valence-corrected chi connectivity index (χ4v) is 2.43. The van der Waals surface area contributed by atoms with Gasteiger partial charge in [-0.2, -0.15) is 0 Å². The molecule has 0 aliphatic carbocycles. The van der Waals surface area contributed by atoms with E-state index in [-0.39, 0.29) is 24.0 Å². The van der Waals surface area contributed by atoms with Crippen LogP contribution >= 0.6 is 0 Å². The van der Waals surface area contributed by atoms with E-state index >= 15 is 0 Å². The van der Waals surface area contributed by atoms with Crippen LogP contribution in [-0.4, -0.2) is 47.1 Å². The number of hydrogen-bond acceptors (Lipinski definition) is 6. The minimum absolute atomic E-state index is 0.0773. The van der Waals surface area contributed by atoms with Crippen molar-refractivity contribution >= 4 is 11.5 Å². The first-order chi connectivity index (χ1) is 9.80. The molecule has 0 atom stereocenters. The fraction of sp³-hybridized carbons (Fsp3) is 0.692. The van der Waals surface area contributed by atoms with Crippen LogP contribution in [0.1, 0.15) is 13.8 Å². The van der Waals surface area contributed by atoms with Crippen molar-refractivity contribution in [2.45, 2.75) is 26.0 Å². The van der Waals surface area contributed by atoms with Gasteiger partial charge in [0, 0.05) is 20.2 Å². The summed E-state index contributed by atoms with van der Waals surface area (Å²) >= 11 is 0. The van der Waals surface area contributed by atoms with Crippen LogP contribution in [0.15, 0.2) is 9.59 Å². The minimum Gasteiger partial charge on any atom is -0.386 e. The van der Waals surface area contributed by atoms with E-state index in [1.807, 2.05) is 13.8 Å². The third kappa shape index (κ3) is 2.68. The van der Waals surface area contributed by atoms with Gasteiger partial charge in [-0.15, -0.1) is 0 Å². The van der Waals surface area contributed by atoms with Crippen LogP contribution in [0.25, 0.3) is 0 Å². The number of aromatic amines is 1. The molecule has 0 aromatic carbocycles. The lowest BCUT2D eigenvalue weighted by atomic mass is 9.83. The Morgan fingerprint density at radius 2 is 2.05 bits per heavy atom. The second-order valence-corrected chi connectivity index (χ2v) is 5.75. The lowest BCUT2D eigenvalue weighted by Crippen LogP contribution is -2.66. The maximum atomic E-state index is 12.0. The molecule has 118 valence electrons. The first-order valence-corrected chi connectivity index (χ1v) is 6.89. The number of rotatable bonds is 5. The number of anilines is 2. The molecule has 0 saturated carbocycles. The highest BCUT2D eigenvalue weighted by Gasteiger charge is 2.45. The Morgan fingerprint density at radius 3 is 2.57 bits per heavy atom. The summed E-state index contributed by atoms with van der Waals surface area (Å²) in [5.74, 6) is 0.181. The molecule has 0 unspecified atom stereocenters. The number of hydrogen-bond donors (Lipinski definition) is 3. The number of aromatic nitrogens is 2. The summed E-state index contributed by atoms with van der Waals surface area (Å²) in [7, 11) is 1.52. The fourth-order valence-electron chi connectivity index (χ4n) is 2.43. The topological polar surface area (TPSA) is 114 Å². The zero-order valence-corrected chi connectivity index (χ0v) is 12.5. The number of nitrogens with zero attached hydrogens (tertiary/aromatic N) is 2. The third-order valence-electron chi connectivity index (χ3n) is 4.05. The van der Waals surface area contributed by atoms with E-state index in [1.165, 1.54) is 11.7 Å². The summed E-state index contributed by atoms with van der Waals surface area (Å²) in [6.45, 7) is 5.05. The van der Waals surface area contributed by atoms with Crippen LogP contribution in [-0.2, 0) is 11.3 Å². The Kier molecular flexibility index (Phi) is 4.11. The van der Waals surface area contributed by atoms with E-state index in [4.69, 9.17) is 10.5 Å². The first kappa shape index (κ1) is 15.6. The van der Waals surface area contributed by atoms with Gasteiger partial charge in [-0.1, -0.05) is 13.8 Å². The van der Waals surface area contributed by atoms with Crippen molar-refractivity contribution in [2.24, 2.45) is 5.92 Å². The highest BCUT2D eigenvalue weighted by Crippen LogP contribution is 2.33. The van der Waals surface area contributed by atoms with Gasteiger partial charge in [-0.05, 0) is 5.92 Å². The zero-order chi connectivity index (χ0) is 15.8. The Balaban J connectivity index is 2.33. The highest BCUT2D eigenvalue weighted by molar-refractivity contribution is 5.64. The maximum Gasteiger partial charge on any atom is 0.330 e. The van der Waals surface area contributed by atoms with Crippen molar-refractivity contribution in [3.05, 3.63) is 20.8 Å². The second kappa shape index (κ2) is 5.53. The quantitative estimate of drug-likeness (QED) is 0.641. The van der Waals surface area contributed by atoms with Crippen molar-refractivity contribution < 1.29 is 9.84 Å². The Bertz CT molecular complexity index is 628. The van der Waals surface area contributed by atoms with E-state index in [1.54, 1.807) is 4.90 Å².